The topological polar surface area (TPSA) is 84.0 Å². The van der Waals surface area contributed by atoms with Crippen molar-refractivity contribution in [2.75, 3.05) is 13.1 Å². The molecule has 2 N–H and O–H groups in total. The predicted octanol–water partition coefficient (Wildman–Crippen LogP) is 0.776. The maximum absolute atomic E-state index is 11.6. The molecule has 98 valence electrons. The second-order valence-electron chi connectivity index (χ2n) is 3.60. The van der Waals surface area contributed by atoms with Crippen LogP contribution in [0.5, 0.6) is 0 Å². The fraction of sp³-hybridized carbons (Fsp3) is 0.455. The van der Waals surface area contributed by atoms with Crippen LogP contribution in [0.15, 0.2) is 12.1 Å². The van der Waals surface area contributed by atoms with Crippen molar-refractivity contribution in [2.24, 2.45) is 0 Å². The molecule has 0 aliphatic rings. The van der Waals surface area contributed by atoms with E-state index in [1.54, 1.807) is 0 Å². The van der Waals surface area contributed by atoms with E-state index in [0.29, 0.717) is 6.54 Å². The number of rotatable bonds is 6. The van der Waals surface area contributed by atoms with E-state index >= 15 is 0 Å². The number of carbonyl (C=O) groups is 2. The Labute approximate surface area is 110 Å². The summed E-state index contributed by atoms with van der Waals surface area (Å²) in [5.41, 5.74) is 0.174. The molecule has 0 aliphatic carbocycles. The first-order valence-corrected chi connectivity index (χ1v) is 6.05. The Morgan fingerprint density at radius 3 is 2.61 bits per heavy atom. The van der Waals surface area contributed by atoms with Gasteiger partial charge < -0.3 is 10.6 Å². The van der Waals surface area contributed by atoms with Crippen molar-refractivity contribution in [2.45, 2.75) is 19.8 Å². The average Bonchev–Trinajstić information content (AvgIpc) is 2.37. The summed E-state index contributed by atoms with van der Waals surface area (Å²) in [6, 6.07) is 2.96. The molecular weight excluding hydrogens is 256 g/mol. The van der Waals surface area contributed by atoms with Gasteiger partial charge in [-0.2, -0.15) is 0 Å². The fourth-order valence-corrected chi connectivity index (χ4v) is 1.27. The third-order valence-electron chi connectivity index (χ3n) is 2.07. The van der Waals surface area contributed by atoms with Gasteiger partial charge in [-0.1, -0.05) is 18.5 Å². The third-order valence-corrected chi connectivity index (χ3v) is 2.28. The summed E-state index contributed by atoms with van der Waals surface area (Å²) in [5, 5.41) is 12.7. The molecule has 1 heterocycles. The normalized spacial score (nSPS) is 9.89. The van der Waals surface area contributed by atoms with Crippen LogP contribution >= 0.6 is 11.6 Å². The Hall–Kier alpha value is -1.69. The Balaban J connectivity index is 2.29. The van der Waals surface area contributed by atoms with Crippen LogP contribution in [-0.4, -0.2) is 35.1 Å². The molecule has 0 atom stereocenters. The van der Waals surface area contributed by atoms with Crippen molar-refractivity contribution in [3.63, 3.8) is 0 Å². The van der Waals surface area contributed by atoms with Gasteiger partial charge in [-0.3, -0.25) is 9.59 Å². The Morgan fingerprint density at radius 1 is 1.22 bits per heavy atom. The molecule has 0 aliphatic heterocycles. The molecule has 7 heteroatoms. The molecule has 2 amide bonds. The van der Waals surface area contributed by atoms with Crippen molar-refractivity contribution in [1.29, 1.82) is 0 Å². The van der Waals surface area contributed by atoms with E-state index in [4.69, 9.17) is 11.6 Å². The highest BCUT2D eigenvalue weighted by Crippen LogP contribution is 2.01. The van der Waals surface area contributed by atoms with E-state index in [1.807, 2.05) is 6.92 Å². The molecule has 0 saturated heterocycles. The smallest absolute Gasteiger partial charge is 0.271 e. The first-order valence-electron chi connectivity index (χ1n) is 5.67. The second-order valence-corrected chi connectivity index (χ2v) is 3.98. The van der Waals surface area contributed by atoms with Gasteiger partial charge in [0, 0.05) is 19.5 Å². The SMILES string of the molecule is CCCNC(=O)CCNC(=O)c1ccc(Cl)nn1. The van der Waals surface area contributed by atoms with Crippen molar-refractivity contribution >= 4 is 23.4 Å². The van der Waals surface area contributed by atoms with Gasteiger partial charge in [0.25, 0.3) is 5.91 Å². The number of hydrogen-bond acceptors (Lipinski definition) is 4. The van der Waals surface area contributed by atoms with Gasteiger partial charge in [-0.15, -0.1) is 10.2 Å². The van der Waals surface area contributed by atoms with E-state index < -0.39 is 0 Å². The Bertz CT molecular complexity index is 408. The number of aromatic nitrogens is 2. The van der Waals surface area contributed by atoms with Crippen LogP contribution in [0.1, 0.15) is 30.3 Å². The molecule has 1 rings (SSSR count). The molecule has 0 aromatic carbocycles. The summed E-state index contributed by atoms with van der Waals surface area (Å²) in [5.74, 6) is -0.457. The Morgan fingerprint density at radius 2 is 2.00 bits per heavy atom. The lowest BCUT2D eigenvalue weighted by Crippen LogP contribution is -2.31. The molecule has 1 aromatic heterocycles. The molecule has 0 unspecified atom stereocenters. The van der Waals surface area contributed by atoms with Crippen molar-refractivity contribution < 1.29 is 9.59 Å². The predicted molar refractivity (Wildman–Crippen MR) is 67.3 cm³/mol. The molecule has 0 fully saturated rings. The fourth-order valence-electron chi connectivity index (χ4n) is 1.17. The molecule has 0 spiro atoms. The monoisotopic (exact) mass is 270 g/mol. The highest BCUT2D eigenvalue weighted by molar-refractivity contribution is 6.29. The van der Waals surface area contributed by atoms with Crippen molar-refractivity contribution in [3.05, 3.63) is 23.0 Å². The van der Waals surface area contributed by atoms with Crippen LogP contribution in [-0.2, 0) is 4.79 Å². The minimum absolute atomic E-state index is 0.0839. The van der Waals surface area contributed by atoms with Crippen LogP contribution in [0.25, 0.3) is 0 Å². The van der Waals surface area contributed by atoms with Crippen LogP contribution in [0.4, 0.5) is 0 Å². The summed E-state index contributed by atoms with van der Waals surface area (Å²) < 4.78 is 0. The summed E-state index contributed by atoms with van der Waals surface area (Å²) in [4.78, 5) is 22.8. The van der Waals surface area contributed by atoms with Crippen molar-refractivity contribution in [3.8, 4) is 0 Å². The van der Waals surface area contributed by atoms with E-state index in [2.05, 4.69) is 20.8 Å². The van der Waals surface area contributed by atoms with Gasteiger partial charge in [0.05, 0.1) is 0 Å². The summed E-state index contributed by atoms with van der Waals surface area (Å²) >= 11 is 5.55. The number of carbonyl (C=O) groups excluding carboxylic acids is 2. The molecule has 0 radical (unpaired) electrons. The van der Waals surface area contributed by atoms with E-state index in [1.165, 1.54) is 12.1 Å². The summed E-state index contributed by atoms with van der Waals surface area (Å²) in [7, 11) is 0. The maximum atomic E-state index is 11.6. The maximum Gasteiger partial charge on any atom is 0.271 e. The highest BCUT2D eigenvalue weighted by Gasteiger charge is 2.08. The minimum atomic E-state index is -0.373. The van der Waals surface area contributed by atoms with Gasteiger partial charge in [0.15, 0.2) is 10.8 Å². The second kappa shape index (κ2) is 7.60. The van der Waals surface area contributed by atoms with E-state index in [0.717, 1.165) is 6.42 Å². The van der Waals surface area contributed by atoms with Gasteiger partial charge in [0.2, 0.25) is 5.91 Å². The van der Waals surface area contributed by atoms with Crippen LogP contribution in [0.2, 0.25) is 5.15 Å². The Kier molecular flexibility index (Phi) is 6.07. The first kappa shape index (κ1) is 14.4. The number of hydrogen-bond donors (Lipinski definition) is 2. The van der Waals surface area contributed by atoms with Gasteiger partial charge in [0.1, 0.15) is 0 Å². The standard InChI is InChI=1S/C11H15ClN4O2/c1-2-6-13-10(17)5-7-14-11(18)8-3-4-9(12)16-15-8/h3-4H,2,5-7H2,1H3,(H,13,17)(H,14,18). The largest absolute Gasteiger partial charge is 0.356 e. The zero-order valence-electron chi connectivity index (χ0n) is 10.1. The third kappa shape index (κ3) is 5.09. The zero-order valence-corrected chi connectivity index (χ0v) is 10.8. The quantitative estimate of drug-likeness (QED) is 0.800. The van der Waals surface area contributed by atoms with Crippen LogP contribution < -0.4 is 10.6 Å². The molecule has 18 heavy (non-hydrogen) atoms. The van der Waals surface area contributed by atoms with Crippen LogP contribution in [0.3, 0.4) is 0 Å². The molecular formula is C11H15ClN4O2. The van der Waals surface area contributed by atoms with Gasteiger partial charge in [-0.05, 0) is 18.6 Å². The zero-order chi connectivity index (χ0) is 13.4. The van der Waals surface area contributed by atoms with Gasteiger partial charge in [-0.25, -0.2) is 0 Å². The summed E-state index contributed by atoms with van der Waals surface area (Å²) in [6.07, 6.45) is 1.13. The van der Waals surface area contributed by atoms with Gasteiger partial charge >= 0.3 is 0 Å². The lowest BCUT2D eigenvalue weighted by Gasteiger charge is -2.05. The molecule has 6 nitrogen and oxygen atoms in total. The molecule has 1 aromatic rings. The summed E-state index contributed by atoms with van der Waals surface area (Å²) in [6.45, 7) is 2.88. The number of amides is 2. The first-order chi connectivity index (χ1) is 8.63. The average molecular weight is 271 g/mol. The lowest BCUT2D eigenvalue weighted by atomic mass is 10.3. The van der Waals surface area contributed by atoms with Crippen molar-refractivity contribution in [1.82, 2.24) is 20.8 Å². The highest BCUT2D eigenvalue weighted by atomic mass is 35.5. The number of nitrogens with zero attached hydrogens (tertiary/aromatic N) is 2. The minimum Gasteiger partial charge on any atom is -0.356 e. The lowest BCUT2D eigenvalue weighted by molar-refractivity contribution is -0.120. The number of nitrogens with one attached hydrogen (secondary N) is 2. The molecule has 0 saturated carbocycles. The molecule has 0 bridgehead atoms. The number of halogens is 1. The van der Waals surface area contributed by atoms with E-state index in [-0.39, 0.29) is 35.6 Å². The van der Waals surface area contributed by atoms with E-state index in [9.17, 15) is 9.59 Å². The van der Waals surface area contributed by atoms with Crippen LogP contribution in [0, 0.1) is 0 Å².